The molecule has 0 unspecified atom stereocenters. The number of alkyl halides is 2. The van der Waals surface area contributed by atoms with Crippen LogP contribution >= 0.6 is 0 Å². The molecule has 0 radical (unpaired) electrons. The highest BCUT2D eigenvalue weighted by atomic mass is 19.3. The van der Waals surface area contributed by atoms with Gasteiger partial charge < -0.3 is 15.2 Å². The Morgan fingerprint density at radius 3 is 2.64 bits per heavy atom. The third kappa shape index (κ3) is 1.61. The molecule has 0 atom stereocenters. The largest absolute Gasteiger partial charge is 0.504 e. The number of halogens is 2. The second kappa shape index (κ2) is 3.52. The van der Waals surface area contributed by atoms with Crippen LogP contribution in [0.4, 0.5) is 14.6 Å². The van der Waals surface area contributed by atoms with E-state index in [1.165, 1.54) is 6.92 Å². The molecule has 0 fully saturated rings. The summed E-state index contributed by atoms with van der Waals surface area (Å²) < 4.78 is 24.7. The molecule has 5 nitrogen and oxygen atoms in total. The van der Waals surface area contributed by atoms with E-state index in [1.54, 1.807) is 0 Å². The Balaban J connectivity index is 3.45. The lowest BCUT2D eigenvalue weighted by molar-refractivity contribution is -0.391. The fourth-order valence-corrected chi connectivity index (χ4v) is 1.00. The summed E-state index contributed by atoms with van der Waals surface area (Å²) in [7, 11) is 0. The summed E-state index contributed by atoms with van der Waals surface area (Å²) in [5.74, 6) is -1.40. The van der Waals surface area contributed by atoms with Gasteiger partial charge in [-0.25, -0.2) is 8.78 Å². The molecule has 0 saturated carbocycles. The highest BCUT2D eigenvalue weighted by Crippen LogP contribution is 2.33. The summed E-state index contributed by atoms with van der Waals surface area (Å²) in [5.41, 5.74) is -1.06. The minimum absolute atomic E-state index is 0.221. The first-order valence-electron chi connectivity index (χ1n) is 3.56. The lowest BCUT2D eigenvalue weighted by Crippen LogP contribution is -2.01. The minimum atomic E-state index is -3.03. The second-order valence-electron chi connectivity index (χ2n) is 2.56. The number of nitrogens with zero attached hydrogens (tertiary/aromatic N) is 2. The SMILES string of the molecule is Cc1c(O)cnc([N+](=O)[O-])c1C(F)F. The van der Waals surface area contributed by atoms with E-state index in [4.69, 9.17) is 5.11 Å². The Morgan fingerprint density at radius 2 is 2.21 bits per heavy atom. The van der Waals surface area contributed by atoms with Crippen molar-refractivity contribution >= 4 is 5.82 Å². The molecule has 1 aromatic rings. The maximum atomic E-state index is 12.4. The van der Waals surface area contributed by atoms with Gasteiger partial charge in [0, 0.05) is 5.56 Å². The van der Waals surface area contributed by atoms with E-state index in [2.05, 4.69) is 4.98 Å². The van der Waals surface area contributed by atoms with Crippen molar-refractivity contribution in [1.82, 2.24) is 4.98 Å². The first kappa shape index (κ1) is 10.3. The number of hydrogen-bond acceptors (Lipinski definition) is 4. The van der Waals surface area contributed by atoms with Gasteiger partial charge in [-0.3, -0.25) is 0 Å². The highest BCUT2D eigenvalue weighted by Gasteiger charge is 2.27. The molecule has 0 aliphatic heterocycles. The molecule has 76 valence electrons. The molecule has 1 rings (SSSR count). The maximum absolute atomic E-state index is 12.4. The maximum Gasteiger partial charge on any atom is 0.372 e. The third-order valence-electron chi connectivity index (χ3n) is 1.73. The zero-order valence-electron chi connectivity index (χ0n) is 7.07. The van der Waals surface area contributed by atoms with Gasteiger partial charge in [0.25, 0.3) is 6.43 Å². The van der Waals surface area contributed by atoms with Crippen LogP contribution in [0.1, 0.15) is 17.6 Å². The van der Waals surface area contributed by atoms with Crippen LogP contribution < -0.4 is 0 Å². The van der Waals surface area contributed by atoms with Gasteiger partial charge in [-0.05, 0) is 16.8 Å². The van der Waals surface area contributed by atoms with Crippen LogP contribution in [0.5, 0.6) is 5.75 Å². The molecule has 0 bridgehead atoms. The van der Waals surface area contributed by atoms with Crippen LogP contribution in [0.15, 0.2) is 6.20 Å². The summed E-state index contributed by atoms with van der Waals surface area (Å²) in [6, 6.07) is 0. The van der Waals surface area contributed by atoms with Crippen molar-refractivity contribution in [3.05, 3.63) is 27.4 Å². The van der Waals surface area contributed by atoms with Crippen molar-refractivity contribution in [1.29, 1.82) is 0 Å². The summed E-state index contributed by atoms with van der Waals surface area (Å²) in [5, 5.41) is 19.4. The molecule has 7 heteroatoms. The van der Waals surface area contributed by atoms with Gasteiger partial charge in [0.1, 0.15) is 5.56 Å². The van der Waals surface area contributed by atoms with Gasteiger partial charge in [-0.2, -0.15) is 0 Å². The van der Waals surface area contributed by atoms with Gasteiger partial charge in [0.2, 0.25) is 0 Å². The number of rotatable bonds is 2. The van der Waals surface area contributed by atoms with Crippen molar-refractivity contribution < 1.29 is 18.8 Å². The molecule has 0 aliphatic rings. The number of nitro groups is 1. The molecule has 1 heterocycles. The van der Waals surface area contributed by atoms with Crippen molar-refractivity contribution in [2.24, 2.45) is 0 Å². The fourth-order valence-electron chi connectivity index (χ4n) is 1.00. The molecule has 0 aliphatic carbocycles. The standard InChI is InChI=1S/C7H6F2N2O3/c1-3-4(12)2-10-7(11(13)14)5(3)6(8)9/h2,6,12H,1H3. The molecular formula is C7H6F2N2O3. The quantitative estimate of drug-likeness (QED) is 0.589. The molecule has 0 saturated heterocycles. The van der Waals surface area contributed by atoms with Crippen molar-refractivity contribution in [2.75, 3.05) is 0 Å². The van der Waals surface area contributed by atoms with Gasteiger partial charge in [0.15, 0.2) is 11.9 Å². The fraction of sp³-hybridized carbons (Fsp3) is 0.286. The Labute approximate surface area is 77.2 Å². The lowest BCUT2D eigenvalue weighted by Gasteiger charge is -2.05. The van der Waals surface area contributed by atoms with Crippen LogP contribution in [-0.2, 0) is 0 Å². The lowest BCUT2D eigenvalue weighted by atomic mass is 10.1. The average Bonchev–Trinajstić information content (AvgIpc) is 2.08. The van der Waals surface area contributed by atoms with Gasteiger partial charge in [0.05, 0.1) is 0 Å². The third-order valence-corrected chi connectivity index (χ3v) is 1.73. The number of pyridine rings is 1. The average molecular weight is 204 g/mol. The Hall–Kier alpha value is -1.79. The van der Waals surface area contributed by atoms with Crippen LogP contribution in [0, 0.1) is 17.0 Å². The number of aromatic nitrogens is 1. The Morgan fingerprint density at radius 1 is 1.64 bits per heavy atom. The minimum Gasteiger partial charge on any atom is -0.504 e. The van der Waals surface area contributed by atoms with E-state index in [0.29, 0.717) is 0 Å². The molecule has 14 heavy (non-hydrogen) atoms. The smallest absolute Gasteiger partial charge is 0.372 e. The Kier molecular flexibility index (Phi) is 2.59. The van der Waals surface area contributed by atoms with Gasteiger partial charge in [-0.1, -0.05) is 0 Å². The van der Waals surface area contributed by atoms with E-state index in [1.807, 2.05) is 0 Å². The number of hydrogen-bond donors (Lipinski definition) is 1. The molecular weight excluding hydrogens is 198 g/mol. The van der Waals surface area contributed by atoms with Crippen molar-refractivity contribution in [3.8, 4) is 5.75 Å². The predicted octanol–water partition coefficient (Wildman–Crippen LogP) is 1.94. The molecule has 0 amide bonds. The predicted molar refractivity (Wildman–Crippen MR) is 42.3 cm³/mol. The monoisotopic (exact) mass is 204 g/mol. The second-order valence-corrected chi connectivity index (χ2v) is 2.56. The molecule has 1 aromatic heterocycles. The van der Waals surface area contributed by atoms with Gasteiger partial charge >= 0.3 is 5.82 Å². The van der Waals surface area contributed by atoms with Crippen LogP contribution in [0.25, 0.3) is 0 Å². The van der Waals surface area contributed by atoms with Crippen LogP contribution in [0.3, 0.4) is 0 Å². The molecule has 0 aromatic carbocycles. The van der Waals surface area contributed by atoms with Crippen molar-refractivity contribution in [2.45, 2.75) is 13.3 Å². The van der Waals surface area contributed by atoms with Crippen LogP contribution in [-0.4, -0.2) is 15.0 Å². The number of aromatic hydroxyl groups is 1. The summed E-state index contributed by atoms with van der Waals surface area (Å²) in [6.45, 7) is 1.17. The zero-order valence-corrected chi connectivity index (χ0v) is 7.07. The highest BCUT2D eigenvalue weighted by molar-refractivity contribution is 5.46. The first-order chi connectivity index (χ1) is 6.45. The summed E-state index contributed by atoms with van der Waals surface area (Å²) in [4.78, 5) is 12.4. The molecule has 1 N–H and O–H groups in total. The van der Waals surface area contributed by atoms with E-state index in [0.717, 1.165) is 6.20 Å². The topological polar surface area (TPSA) is 76.3 Å². The van der Waals surface area contributed by atoms with Crippen LogP contribution in [0.2, 0.25) is 0 Å². The first-order valence-corrected chi connectivity index (χ1v) is 3.56. The zero-order chi connectivity index (χ0) is 10.9. The van der Waals surface area contributed by atoms with E-state index >= 15 is 0 Å². The van der Waals surface area contributed by atoms with E-state index < -0.39 is 28.5 Å². The molecule has 0 spiro atoms. The normalized spacial score (nSPS) is 10.6. The van der Waals surface area contributed by atoms with Crippen molar-refractivity contribution in [3.63, 3.8) is 0 Å². The summed E-state index contributed by atoms with van der Waals surface area (Å²) >= 11 is 0. The Bertz CT molecular complexity index is 381. The van der Waals surface area contributed by atoms with E-state index in [9.17, 15) is 18.9 Å². The van der Waals surface area contributed by atoms with E-state index in [-0.39, 0.29) is 5.56 Å². The summed E-state index contributed by atoms with van der Waals surface area (Å²) in [6.07, 6.45) is -2.26. The van der Waals surface area contributed by atoms with Gasteiger partial charge in [-0.15, -0.1) is 0 Å².